The summed E-state index contributed by atoms with van der Waals surface area (Å²) in [6.07, 6.45) is 1.32. The molecule has 1 amide bonds. The molecule has 0 atom stereocenters. The number of aromatic nitrogens is 2. The van der Waals surface area contributed by atoms with Crippen molar-refractivity contribution in [2.45, 2.75) is 6.54 Å². The fraction of sp³-hybridized carbons (Fsp3) is 0.0526. The molecule has 0 fully saturated rings. The molecule has 1 heterocycles. The molecule has 0 saturated heterocycles. The molecule has 3 rings (SSSR count). The maximum atomic E-state index is 12.3. The van der Waals surface area contributed by atoms with Crippen molar-refractivity contribution in [1.29, 1.82) is 5.26 Å². The van der Waals surface area contributed by atoms with E-state index in [1.54, 1.807) is 30.3 Å². The van der Waals surface area contributed by atoms with Crippen LogP contribution in [0.1, 0.15) is 21.6 Å². The Morgan fingerprint density at radius 2 is 1.88 bits per heavy atom. The molecule has 0 aliphatic carbocycles. The second-order valence-electron chi connectivity index (χ2n) is 5.38. The Kier molecular flexibility index (Phi) is 5.42. The van der Waals surface area contributed by atoms with Crippen molar-refractivity contribution in [3.63, 3.8) is 0 Å². The van der Waals surface area contributed by atoms with Crippen LogP contribution >= 0.6 is 11.6 Å². The van der Waals surface area contributed by atoms with E-state index in [2.05, 4.69) is 20.6 Å². The largest absolute Gasteiger partial charge is 0.366 e. The molecule has 26 heavy (non-hydrogen) atoms. The lowest BCUT2D eigenvalue weighted by molar-refractivity contribution is 0.102. The van der Waals surface area contributed by atoms with Crippen LogP contribution in [-0.4, -0.2) is 15.9 Å². The van der Waals surface area contributed by atoms with Crippen LogP contribution in [0.15, 0.2) is 60.9 Å². The first-order valence-electron chi connectivity index (χ1n) is 7.76. The Morgan fingerprint density at radius 3 is 2.62 bits per heavy atom. The molecule has 6 nitrogen and oxygen atoms in total. The number of amides is 1. The highest BCUT2D eigenvalue weighted by molar-refractivity contribution is 6.31. The summed E-state index contributed by atoms with van der Waals surface area (Å²) in [5.41, 5.74) is 2.26. The van der Waals surface area contributed by atoms with E-state index in [-0.39, 0.29) is 11.6 Å². The molecule has 0 unspecified atom stereocenters. The summed E-state index contributed by atoms with van der Waals surface area (Å²) in [5, 5.41) is 15.3. The zero-order valence-corrected chi connectivity index (χ0v) is 14.4. The van der Waals surface area contributed by atoms with Gasteiger partial charge in [0.2, 0.25) is 0 Å². The van der Waals surface area contributed by atoms with Crippen LogP contribution in [0, 0.1) is 11.3 Å². The number of benzene rings is 2. The Labute approximate surface area is 155 Å². The minimum absolute atomic E-state index is 0.228. The molecule has 0 saturated carbocycles. The zero-order valence-electron chi connectivity index (χ0n) is 13.6. The third kappa shape index (κ3) is 4.35. The van der Waals surface area contributed by atoms with Gasteiger partial charge in [-0.2, -0.15) is 5.26 Å². The van der Waals surface area contributed by atoms with Crippen molar-refractivity contribution in [1.82, 2.24) is 9.97 Å². The number of halogens is 1. The number of hydrogen-bond donors (Lipinski definition) is 2. The molecular weight excluding hydrogens is 350 g/mol. The van der Waals surface area contributed by atoms with E-state index >= 15 is 0 Å². The van der Waals surface area contributed by atoms with Crippen LogP contribution in [-0.2, 0) is 6.54 Å². The van der Waals surface area contributed by atoms with Crippen molar-refractivity contribution < 1.29 is 4.79 Å². The van der Waals surface area contributed by atoms with Crippen LogP contribution in [0.3, 0.4) is 0 Å². The topological polar surface area (TPSA) is 90.7 Å². The van der Waals surface area contributed by atoms with Crippen molar-refractivity contribution in [3.8, 4) is 6.07 Å². The van der Waals surface area contributed by atoms with Crippen LogP contribution in [0.25, 0.3) is 0 Å². The first-order valence-corrected chi connectivity index (χ1v) is 8.14. The number of anilines is 2. The predicted octanol–water partition coefficient (Wildman–Crippen LogP) is 3.87. The molecule has 2 N–H and O–H groups in total. The van der Waals surface area contributed by atoms with Gasteiger partial charge in [0.1, 0.15) is 17.8 Å². The Bertz CT molecular complexity index is 966. The summed E-state index contributed by atoms with van der Waals surface area (Å²) in [7, 11) is 0. The lowest BCUT2D eigenvalue weighted by Gasteiger charge is -2.09. The molecule has 0 aliphatic heterocycles. The standard InChI is InChI=1S/C19H14ClN5O/c20-16-4-2-1-3-14(16)11-22-18-9-17(23-12-24-18)19(26)25-15-7-5-13(10-21)6-8-15/h1-9,12H,11H2,(H,25,26)(H,22,23,24). The van der Waals surface area contributed by atoms with Gasteiger partial charge in [-0.15, -0.1) is 0 Å². The van der Waals surface area contributed by atoms with Gasteiger partial charge in [-0.1, -0.05) is 29.8 Å². The van der Waals surface area contributed by atoms with Crippen molar-refractivity contribution in [2.24, 2.45) is 0 Å². The SMILES string of the molecule is N#Cc1ccc(NC(=O)c2cc(NCc3ccccc3Cl)ncn2)cc1. The maximum absolute atomic E-state index is 12.3. The molecule has 128 valence electrons. The summed E-state index contributed by atoms with van der Waals surface area (Å²) in [5.74, 6) is 0.155. The van der Waals surface area contributed by atoms with E-state index in [1.165, 1.54) is 6.33 Å². The second-order valence-corrected chi connectivity index (χ2v) is 5.78. The van der Waals surface area contributed by atoms with E-state index in [4.69, 9.17) is 16.9 Å². The molecule has 2 aromatic carbocycles. The highest BCUT2D eigenvalue weighted by Crippen LogP contribution is 2.17. The molecule has 1 aromatic heterocycles. The molecule has 3 aromatic rings. The van der Waals surface area contributed by atoms with E-state index in [1.807, 2.05) is 30.3 Å². The predicted molar refractivity (Wildman–Crippen MR) is 99.9 cm³/mol. The van der Waals surface area contributed by atoms with Crippen LogP contribution in [0.4, 0.5) is 11.5 Å². The normalized spacial score (nSPS) is 10.0. The summed E-state index contributed by atoms with van der Waals surface area (Å²) in [4.78, 5) is 20.4. The minimum atomic E-state index is -0.363. The number of carbonyl (C=O) groups is 1. The first kappa shape index (κ1) is 17.4. The van der Waals surface area contributed by atoms with Crippen LogP contribution < -0.4 is 10.6 Å². The molecular formula is C19H14ClN5O. The van der Waals surface area contributed by atoms with Gasteiger partial charge >= 0.3 is 0 Å². The summed E-state index contributed by atoms with van der Waals surface area (Å²) >= 11 is 6.13. The van der Waals surface area contributed by atoms with Gasteiger partial charge < -0.3 is 10.6 Å². The number of nitrogens with zero attached hydrogens (tertiary/aromatic N) is 3. The van der Waals surface area contributed by atoms with Crippen molar-refractivity contribution in [2.75, 3.05) is 10.6 Å². The van der Waals surface area contributed by atoms with Gasteiger partial charge in [-0.05, 0) is 35.9 Å². The van der Waals surface area contributed by atoms with Gasteiger partial charge in [0.15, 0.2) is 0 Å². The smallest absolute Gasteiger partial charge is 0.274 e. The van der Waals surface area contributed by atoms with E-state index in [0.29, 0.717) is 28.6 Å². The number of carbonyl (C=O) groups excluding carboxylic acids is 1. The zero-order chi connectivity index (χ0) is 18.4. The summed E-state index contributed by atoms with van der Waals surface area (Å²) in [6, 6.07) is 17.7. The van der Waals surface area contributed by atoms with Crippen molar-refractivity contribution in [3.05, 3.63) is 82.8 Å². The quantitative estimate of drug-likeness (QED) is 0.718. The third-order valence-corrected chi connectivity index (χ3v) is 3.96. The molecule has 7 heteroatoms. The van der Waals surface area contributed by atoms with Gasteiger partial charge in [0, 0.05) is 23.3 Å². The monoisotopic (exact) mass is 363 g/mol. The summed E-state index contributed by atoms with van der Waals surface area (Å²) < 4.78 is 0. The van der Waals surface area contributed by atoms with Gasteiger partial charge in [0.05, 0.1) is 11.6 Å². The molecule has 0 bridgehead atoms. The number of nitrogens with one attached hydrogen (secondary N) is 2. The number of hydrogen-bond acceptors (Lipinski definition) is 5. The van der Waals surface area contributed by atoms with E-state index < -0.39 is 0 Å². The lowest BCUT2D eigenvalue weighted by atomic mass is 10.2. The fourth-order valence-electron chi connectivity index (χ4n) is 2.23. The average Bonchev–Trinajstić information content (AvgIpc) is 2.68. The molecule has 0 radical (unpaired) electrons. The highest BCUT2D eigenvalue weighted by atomic mass is 35.5. The second kappa shape index (κ2) is 8.10. The highest BCUT2D eigenvalue weighted by Gasteiger charge is 2.09. The fourth-order valence-corrected chi connectivity index (χ4v) is 2.43. The van der Waals surface area contributed by atoms with Gasteiger partial charge in [-0.25, -0.2) is 9.97 Å². The van der Waals surface area contributed by atoms with Crippen LogP contribution in [0.2, 0.25) is 5.02 Å². The molecule has 0 aliphatic rings. The van der Waals surface area contributed by atoms with Crippen molar-refractivity contribution >= 4 is 29.0 Å². The Morgan fingerprint density at radius 1 is 1.12 bits per heavy atom. The molecule has 0 spiro atoms. The first-order chi connectivity index (χ1) is 12.7. The lowest BCUT2D eigenvalue weighted by Crippen LogP contribution is -2.14. The minimum Gasteiger partial charge on any atom is -0.366 e. The maximum Gasteiger partial charge on any atom is 0.274 e. The summed E-state index contributed by atoms with van der Waals surface area (Å²) in [6.45, 7) is 0.480. The van der Waals surface area contributed by atoms with E-state index in [9.17, 15) is 4.79 Å². The van der Waals surface area contributed by atoms with Crippen LogP contribution in [0.5, 0.6) is 0 Å². The number of rotatable bonds is 5. The van der Waals surface area contributed by atoms with Gasteiger partial charge in [-0.3, -0.25) is 4.79 Å². The van der Waals surface area contributed by atoms with E-state index in [0.717, 1.165) is 5.56 Å². The third-order valence-electron chi connectivity index (χ3n) is 3.59. The number of nitriles is 1. The average molecular weight is 364 g/mol. The van der Waals surface area contributed by atoms with Gasteiger partial charge in [0.25, 0.3) is 5.91 Å². The Balaban J connectivity index is 1.67. The Hall–Kier alpha value is -3.43.